The summed E-state index contributed by atoms with van der Waals surface area (Å²) in [6.45, 7) is 6.77. The largest absolute Gasteiger partial charge is 0.364 e. The van der Waals surface area contributed by atoms with E-state index in [1.807, 2.05) is 13.2 Å². The molecule has 1 aromatic rings. The molecule has 1 aliphatic heterocycles. The molecule has 1 unspecified atom stereocenters. The number of aryl methyl sites for hydroxylation is 1. The molecule has 0 radical (unpaired) electrons. The van der Waals surface area contributed by atoms with Crippen molar-refractivity contribution >= 4 is 18.3 Å². The maximum Gasteiger partial charge on any atom is 0.249 e. The molecule has 0 spiro atoms. The van der Waals surface area contributed by atoms with Gasteiger partial charge in [0.1, 0.15) is 6.10 Å². The van der Waals surface area contributed by atoms with Crippen LogP contribution >= 0.6 is 12.4 Å². The van der Waals surface area contributed by atoms with Crippen LogP contribution in [0.3, 0.4) is 0 Å². The Labute approximate surface area is 138 Å². The van der Waals surface area contributed by atoms with E-state index < -0.39 is 0 Å². The monoisotopic (exact) mass is 330 g/mol. The van der Waals surface area contributed by atoms with Gasteiger partial charge in [0.15, 0.2) is 0 Å². The fourth-order valence-corrected chi connectivity index (χ4v) is 2.70. The number of hydrogen-bond acceptors (Lipinski definition) is 4. The van der Waals surface area contributed by atoms with E-state index in [1.54, 1.807) is 10.9 Å². The number of nitrogens with one attached hydrogen (secondary N) is 1. The number of ether oxygens (including phenoxy) is 1. The Kier molecular flexibility index (Phi) is 6.40. The first-order chi connectivity index (χ1) is 9.81. The SMILES string of the molecule is Cl.Cn1cc(C(NC(=O)[C@@H]2CC[C@H](CN)O2)C(C)(C)C)cn1. The van der Waals surface area contributed by atoms with Gasteiger partial charge < -0.3 is 15.8 Å². The number of rotatable bonds is 4. The zero-order chi connectivity index (χ0) is 15.6. The number of hydrogen-bond donors (Lipinski definition) is 2. The van der Waals surface area contributed by atoms with E-state index in [2.05, 4.69) is 31.2 Å². The second kappa shape index (κ2) is 7.44. The first kappa shape index (κ1) is 18.9. The van der Waals surface area contributed by atoms with E-state index in [0.717, 1.165) is 18.4 Å². The van der Waals surface area contributed by atoms with Gasteiger partial charge >= 0.3 is 0 Å². The summed E-state index contributed by atoms with van der Waals surface area (Å²) >= 11 is 0. The minimum atomic E-state index is -0.389. The van der Waals surface area contributed by atoms with Crippen molar-refractivity contribution in [1.82, 2.24) is 15.1 Å². The Hall–Kier alpha value is -1.11. The molecule has 3 atom stereocenters. The zero-order valence-electron chi connectivity index (χ0n) is 13.7. The number of halogens is 1. The molecule has 7 heteroatoms. The summed E-state index contributed by atoms with van der Waals surface area (Å²) in [6.07, 6.45) is 4.94. The fourth-order valence-electron chi connectivity index (χ4n) is 2.70. The molecule has 1 fully saturated rings. The van der Waals surface area contributed by atoms with E-state index in [9.17, 15) is 4.79 Å². The normalized spacial score (nSPS) is 23.0. The molecule has 0 aliphatic carbocycles. The Balaban J connectivity index is 0.00000242. The van der Waals surface area contributed by atoms with Crippen molar-refractivity contribution in [3.63, 3.8) is 0 Å². The Morgan fingerprint density at radius 2 is 2.23 bits per heavy atom. The van der Waals surface area contributed by atoms with Crippen molar-refractivity contribution in [2.75, 3.05) is 6.54 Å². The van der Waals surface area contributed by atoms with Gasteiger partial charge in [0.25, 0.3) is 0 Å². The minimum absolute atomic E-state index is 0. The van der Waals surface area contributed by atoms with Crippen molar-refractivity contribution in [3.05, 3.63) is 18.0 Å². The lowest BCUT2D eigenvalue weighted by Gasteiger charge is -2.31. The Bertz CT molecular complexity index is 498. The summed E-state index contributed by atoms with van der Waals surface area (Å²) in [6, 6.07) is -0.0979. The Morgan fingerprint density at radius 1 is 1.55 bits per heavy atom. The molecule has 1 aromatic heterocycles. The van der Waals surface area contributed by atoms with Gasteiger partial charge in [0, 0.05) is 25.4 Å². The molecule has 6 nitrogen and oxygen atoms in total. The molecular formula is C15H27ClN4O2. The lowest BCUT2D eigenvalue weighted by molar-refractivity contribution is -0.133. The maximum absolute atomic E-state index is 12.4. The first-order valence-electron chi connectivity index (χ1n) is 7.45. The van der Waals surface area contributed by atoms with Crippen molar-refractivity contribution in [1.29, 1.82) is 0 Å². The predicted molar refractivity (Wildman–Crippen MR) is 87.7 cm³/mol. The summed E-state index contributed by atoms with van der Waals surface area (Å²) < 4.78 is 7.42. The van der Waals surface area contributed by atoms with Crippen LogP contribution in [0.2, 0.25) is 0 Å². The summed E-state index contributed by atoms with van der Waals surface area (Å²) in [7, 11) is 1.87. The smallest absolute Gasteiger partial charge is 0.249 e. The molecular weight excluding hydrogens is 304 g/mol. The summed E-state index contributed by atoms with van der Waals surface area (Å²) in [5.41, 5.74) is 6.49. The van der Waals surface area contributed by atoms with Crippen LogP contribution < -0.4 is 11.1 Å². The average molecular weight is 331 g/mol. The number of amides is 1. The van der Waals surface area contributed by atoms with E-state index in [-0.39, 0.29) is 42.0 Å². The lowest BCUT2D eigenvalue weighted by Crippen LogP contribution is -2.42. The van der Waals surface area contributed by atoms with Gasteiger partial charge in [-0.25, -0.2) is 0 Å². The summed E-state index contributed by atoms with van der Waals surface area (Å²) in [5, 5.41) is 7.31. The number of nitrogens with two attached hydrogens (primary N) is 1. The quantitative estimate of drug-likeness (QED) is 0.877. The van der Waals surface area contributed by atoms with Crippen molar-refractivity contribution < 1.29 is 9.53 Å². The molecule has 2 heterocycles. The average Bonchev–Trinajstić information content (AvgIpc) is 3.02. The van der Waals surface area contributed by atoms with Crippen LogP contribution in [0.25, 0.3) is 0 Å². The second-order valence-electron chi connectivity index (χ2n) is 6.81. The third kappa shape index (κ3) is 4.44. The van der Waals surface area contributed by atoms with Gasteiger partial charge in [-0.3, -0.25) is 9.48 Å². The molecule has 3 N–H and O–H groups in total. The third-order valence-corrected chi connectivity index (χ3v) is 3.87. The fraction of sp³-hybridized carbons (Fsp3) is 0.733. The van der Waals surface area contributed by atoms with Crippen molar-refractivity contribution in [2.24, 2.45) is 18.2 Å². The first-order valence-corrected chi connectivity index (χ1v) is 7.45. The highest BCUT2D eigenvalue weighted by molar-refractivity contribution is 5.85. The van der Waals surface area contributed by atoms with Crippen LogP contribution in [0.1, 0.15) is 45.2 Å². The molecule has 126 valence electrons. The molecule has 0 bridgehead atoms. The lowest BCUT2D eigenvalue weighted by atomic mass is 9.83. The number of carbonyl (C=O) groups is 1. The molecule has 0 saturated carbocycles. The highest BCUT2D eigenvalue weighted by Gasteiger charge is 2.34. The number of aromatic nitrogens is 2. The van der Waals surface area contributed by atoms with Crippen LogP contribution in [0.4, 0.5) is 0 Å². The molecule has 1 amide bonds. The van der Waals surface area contributed by atoms with Crippen molar-refractivity contribution in [3.8, 4) is 0 Å². The van der Waals surface area contributed by atoms with Gasteiger partial charge in [0.2, 0.25) is 5.91 Å². The van der Waals surface area contributed by atoms with Gasteiger partial charge in [-0.1, -0.05) is 20.8 Å². The van der Waals surface area contributed by atoms with Crippen LogP contribution in [0.15, 0.2) is 12.4 Å². The van der Waals surface area contributed by atoms with Crippen LogP contribution in [-0.2, 0) is 16.6 Å². The summed E-state index contributed by atoms with van der Waals surface area (Å²) in [5.74, 6) is -0.0604. The van der Waals surface area contributed by atoms with Crippen LogP contribution in [0, 0.1) is 5.41 Å². The number of nitrogens with zero attached hydrogens (tertiary/aromatic N) is 2. The topological polar surface area (TPSA) is 82.2 Å². The van der Waals surface area contributed by atoms with Crippen LogP contribution in [0.5, 0.6) is 0 Å². The predicted octanol–water partition coefficient (Wildman–Crippen LogP) is 1.55. The third-order valence-electron chi connectivity index (χ3n) is 3.87. The van der Waals surface area contributed by atoms with Gasteiger partial charge in [-0.15, -0.1) is 12.4 Å². The molecule has 1 aliphatic rings. The van der Waals surface area contributed by atoms with Gasteiger partial charge in [0.05, 0.1) is 18.3 Å². The highest BCUT2D eigenvalue weighted by atomic mass is 35.5. The van der Waals surface area contributed by atoms with Crippen LogP contribution in [-0.4, -0.2) is 34.4 Å². The second-order valence-corrected chi connectivity index (χ2v) is 6.81. The maximum atomic E-state index is 12.4. The minimum Gasteiger partial charge on any atom is -0.364 e. The standard InChI is InChI=1S/C15H26N4O2.ClH/c1-15(2,3)13(10-8-17-19(4)9-10)18-14(20)12-6-5-11(7-16)21-12;/h8-9,11-13H,5-7,16H2,1-4H3,(H,18,20);1H/t11-,12+,13?;/m1./s1. The Morgan fingerprint density at radius 3 is 2.68 bits per heavy atom. The number of carbonyl (C=O) groups excluding carboxylic acids is 1. The van der Waals surface area contributed by atoms with E-state index in [1.165, 1.54) is 0 Å². The zero-order valence-corrected chi connectivity index (χ0v) is 14.5. The molecule has 0 aromatic carbocycles. The van der Waals surface area contributed by atoms with Gasteiger partial charge in [-0.2, -0.15) is 5.10 Å². The van der Waals surface area contributed by atoms with Gasteiger partial charge in [-0.05, 0) is 18.3 Å². The van der Waals surface area contributed by atoms with E-state index >= 15 is 0 Å². The van der Waals surface area contributed by atoms with E-state index in [4.69, 9.17) is 10.5 Å². The molecule has 2 rings (SSSR count). The summed E-state index contributed by atoms with van der Waals surface area (Å²) in [4.78, 5) is 12.4. The molecule has 1 saturated heterocycles. The van der Waals surface area contributed by atoms with E-state index in [0.29, 0.717) is 6.54 Å². The highest BCUT2D eigenvalue weighted by Crippen LogP contribution is 2.33. The van der Waals surface area contributed by atoms with Crippen molar-refractivity contribution in [2.45, 2.75) is 51.9 Å². The molecule has 22 heavy (non-hydrogen) atoms.